The lowest BCUT2D eigenvalue weighted by molar-refractivity contribution is 0.0961. The van der Waals surface area contributed by atoms with Crippen LogP contribution in [0.4, 0.5) is 0 Å². The highest BCUT2D eigenvalue weighted by atomic mass is 16.5. The minimum Gasteiger partial charge on any atom is -0.439 e. The lowest BCUT2D eigenvalue weighted by Crippen LogP contribution is -2.34. The van der Waals surface area contributed by atoms with E-state index in [4.69, 9.17) is 9.84 Å². The van der Waals surface area contributed by atoms with Crippen LogP contribution in [-0.4, -0.2) is 38.5 Å². The molecule has 0 unspecified atom stereocenters. The average Bonchev–Trinajstić information content (AvgIpc) is 3.55. The van der Waals surface area contributed by atoms with Crippen molar-refractivity contribution in [3.63, 3.8) is 0 Å². The first kappa shape index (κ1) is 21.6. The number of aryl methyl sites for hydroxylation is 2. The molecule has 31 heavy (non-hydrogen) atoms. The molecule has 0 saturated heterocycles. The first-order chi connectivity index (χ1) is 15.0. The lowest BCUT2D eigenvalue weighted by atomic mass is 10.1. The molecule has 2 aromatic carbocycles. The number of aromatic nitrogens is 2. The summed E-state index contributed by atoms with van der Waals surface area (Å²) in [7, 11) is 0. The highest BCUT2D eigenvalue weighted by molar-refractivity contribution is 5.43. The number of aliphatic hydroxyl groups is 1. The van der Waals surface area contributed by atoms with Gasteiger partial charge in [-0.15, -0.1) is 0 Å². The van der Waals surface area contributed by atoms with Gasteiger partial charge in [0.25, 0.3) is 0 Å². The normalized spacial score (nSPS) is 14.7. The maximum Gasteiger partial charge on any atom is 0.227 e. The molecular weight excluding hydrogens is 386 g/mol. The summed E-state index contributed by atoms with van der Waals surface area (Å²) in [6.45, 7) is 7.65. The summed E-state index contributed by atoms with van der Waals surface area (Å²) in [5.41, 5.74) is 4.18. The van der Waals surface area contributed by atoms with Crippen molar-refractivity contribution in [1.82, 2.24) is 14.7 Å². The van der Waals surface area contributed by atoms with Crippen LogP contribution in [0.25, 0.3) is 5.69 Å². The second-order valence-electron chi connectivity index (χ2n) is 8.64. The molecule has 1 aliphatic rings. The Hall–Kier alpha value is -2.63. The maximum atomic E-state index is 10.5. The molecule has 3 aromatic rings. The fraction of sp³-hybridized carbons (Fsp3) is 0.423. The minimum absolute atomic E-state index is 0.295. The number of ether oxygens (including phenoxy) is 1. The highest BCUT2D eigenvalue weighted by Crippen LogP contribution is 2.35. The van der Waals surface area contributed by atoms with Gasteiger partial charge in [-0.3, -0.25) is 4.90 Å². The molecule has 0 bridgehead atoms. The van der Waals surface area contributed by atoms with E-state index in [1.54, 1.807) is 0 Å². The van der Waals surface area contributed by atoms with Crippen molar-refractivity contribution in [2.75, 3.05) is 6.54 Å². The Labute approximate surface area is 185 Å². The molecule has 5 nitrogen and oxygen atoms in total. The summed E-state index contributed by atoms with van der Waals surface area (Å²) in [5, 5.41) is 15.3. The Morgan fingerprint density at radius 3 is 2.58 bits per heavy atom. The Morgan fingerprint density at radius 1 is 1.13 bits per heavy atom. The third-order valence-corrected chi connectivity index (χ3v) is 5.83. The summed E-state index contributed by atoms with van der Waals surface area (Å²) < 4.78 is 8.36. The third kappa shape index (κ3) is 5.35. The van der Waals surface area contributed by atoms with Gasteiger partial charge in [-0.2, -0.15) is 5.10 Å². The van der Waals surface area contributed by atoms with Gasteiger partial charge in [0.05, 0.1) is 23.0 Å². The van der Waals surface area contributed by atoms with Gasteiger partial charge in [0.2, 0.25) is 5.88 Å². The highest BCUT2D eigenvalue weighted by Gasteiger charge is 2.32. The molecule has 1 aliphatic carbocycles. The topological polar surface area (TPSA) is 50.5 Å². The molecule has 0 radical (unpaired) electrons. The first-order valence-corrected chi connectivity index (χ1v) is 11.4. The number of hydrogen-bond acceptors (Lipinski definition) is 4. The number of hydrogen-bond donors (Lipinski definition) is 1. The smallest absolute Gasteiger partial charge is 0.227 e. The van der Waals surface area contributed by atoms with Gasteiger partial charge in [0.1, 0.15) is 5.75 Å². The molecule has 1 saturated carbocycles. The van der Waals surface area contributed by atoms with Gasteiger partial charge >= 0.3 is 0 Å². The van der Waals surface area contributed by atoms with Gasteiger partial charge in [-0.25, -0.2) is 4.68 Å². The first-order valence-electron chi connectivity index (χ1n) is 11.4. The van der Waals surface area contributed by atoms with E-state index < -0.39 is 0 Å². The second-order valence-corrected chi connectivity index (χ2v) is 8.64. The Kier molecular flexibility index (Phi) is 6.73. The molecule has 164 valence electrons. The quantitative estimate of drug-likeness (QED) is 0.478. The van der Waals surface area contributed by atoms with Gasteiger partial charge in [0.15, 0.2) is 0 Å². The Balaban J connectivity index is 1.69. The molecule has 0 spiro atoms. The van der Waals surface area contributed by atoms with Crippen molar-refractivity contribution < 1.29 is 9.84 Å². The standard InChI is InChI=1S/C26H33N3O2/c1-4-9-23(30)17-28(21-14-15-21)18-25-20(3)27-29(22-11-6-5-7-12-22)26(25)31-24-13-8-10-19(2)16-24/h5-8,10-13,16,21,23,30H,4,9,14-15,17-18H2,1-3H3/t23-/m1/s1. The lowest BCUT2D eigenvalue weighted by Gasteiger charge is -2.25. The van der Waals surface area contributed by atoms with E-state index in [-0.39, 0.29) is 6.10 Å². The monoisotopic (exact) mass is 419 g/mol. The van der Waals surface area contributed by atoms with E-state index >= 15 is 0 Å². The molecule has 1 N–H and O–H groups in total. The molecule has 1 fully saturated rings. The molecule has 4 rings (SSSR count). The van der Waals surface area contributed by atoms with Gasteiger partial charge in [-0.05, 0) is 62.9 Å². The predicted octanol–water partition coefficient (Wildman–Crippen LogP) is 5.41. The van der Waals surface area contributed by atoms with Crippen LogP contribution in [0, 0.1) is 13.8 Å². The average molecular weight is 420 g/mol. The predicted molar refractivity (Wildman–Crippen MR) is 124 cm³/mol. The number of nitrogens with zero attached hydrogens (tertiary/aromatic N) is 3. The fourth-order valence-corrected chi connectivity index (χ4v) is 4.04. The van der Waals surface area contributed by atoms with Crippen LogP contribution in [-0.2, 0) is 6.54 Å². The molecule has 5 heteroatoms. The van der Waals surface area contributed by atoms with Crippen LogP contribution < -0.4 is 4.74 Å². The van der Waals surface area contributed by atoms with Crippen molar-refractivity contribution in [2.24, 2.45) is 0 Å². The van der Waals surface area contributed by atoms with E-state index in [0.717, 1.165) is 53.5 Å². The number of rotatable bonds is 10. The van der Waals surface area contributed by atoms with Gasteiger partial charge in [0, 0.05) is 19.1 Å². The summed E-state index contributed by atoms with van der Waals surface area (Å²) in [4.78, 5) is 2.41. The van der Waals surface area contributed by atoms with Gasteiger partial charge in [-0.1, -0.05) is 43.7 Å². The molecule has 1 atom stereocenters. The zero-order valence-corrected chi connectivity index (χ0v) is 18.8. The summed E-state index contributed by atoms with van der Waals surface area (Å²) in [5.74, 6) is 1.56. The summed E-state index contributed by atoms with van der Waals surface area (Å²) in [6.07, 6.45) is 3.92. The number of aliphatic hydroxyl groups excluding tert-OH is 1. The van der Waals surface area contributed by atoms with Crippen LogP contribution in [0.1, 0.15) is 49.4 Å². The van der Waals surface area contributed by atoms with Crippen molar-refractivity contribution >= 4 is 0 Å². The zero-order chi connectivity index (χ0) is 21.8. The van der Waals surface area contributed by atoms with Crippen molar-refractivity contribution in [3.05, 3.63) is 71.4 Å². The third-order valence-electron chi connectivity index (χ3n) is 5.83. The molecule has 0 amide bonds. The zero-order valence-electron chi connectivity index (χ0n) is 18.8. The number of para-hydroxylation sites is 1. The Morgan fingerprint density at radius 2 is 1.90 bits per heavy atom. The van der Waals surface area contributed by atoms with Crippen LogP contribution in [0.3, 0.4) is 0 Å². The van der Waals surface area contributed by atoms with E-state index in [9.17, 15) is 5.11 Å². The van der Waals surface area contributed by atoms with E-state index in [1.165, 1.54) is 12.8 Å². The van der Waals surface area contributed by atoms with Crippen molar-refractivity contribution in [2.45, 2.75) is 65.1 Å². The Bertz CT molecular complexity index is 995. The van der Waals surface area contributed by atoms with Crippen LogP contribution in [0.5, 0.6) is 11.6 Å². The van der Waals surface area contributed by atoms with Crippen LogP contribution in [0.15, 0.2) is 54.6 Å². The van der Waals surface area contributed by atoms with Crippen LogP contribution in [0.2, 0.25) is 0 Å². The fourth-order valence-electron chi connectivity index (χ4n) is 4.04. The van der Waals surface area contributed by atoms with Crippen molar-refractivity contribution in [1.29, 1.82) is 0 Å². The van der Waals surface area contributed by atoms with E-state index in [0.29, 0.717) is 12.6 Å². The number of benzene rings is 2. The molecule has 1 aromatic heterocycles. The maximum absolute atomic E-state index is 10.5. The van der Waals surface area contributed by atoms with Crippen LogP contribution >= 0.6 is 0 Å². The summed E-state index contributed by atoms with van der Waals surface area (Å²) >= 11 is 0. The van der Waals surface area contributed by atoms with E-state index in [2.05, 4.69) is 24.8 Å². The minimum atomic E-state index is -0.295. The van der Waals surface area contributed by atoms with Gasteiger partial charge < -0.3 is 9.84 Å². The van der Waals surface area contributed by atoms with E-state index in [1.807, 2.05) is 60.1 Å². The van der Waals surface area contributed by atoms with Crippen molar-refractivity contribution in [3.8, 4) is 17.3 Å². The second kappa shape index (κ2) is 9.67. The molecular formula is C26H33N3O2. The SMILES string of the molecule is CCC[C@@H](O)CN(Cc1c(C)nn(-c2ccccc2)c1Oc1cccc(C)c1)C1CC1. The largest absolute Gasteiger partial charge is 0.439 e. The molecule has 0 aliphatic heterocycles. The summed E-state index contributed by atoms with van der Waals surface area (Å²) in [6, 6.07) is 18.8. The molecule has 1 heterocycles.